The third-order valence-electron chi connectivity index (χ3n) is 3.54. The summed E-state index contributed by atoms with van der Waals surface area (Å²) in [5, 5.41) is 9.13. The van der Waals surface area contributed by atoms with E-state index in [0.717, 1.165) is 30.9 Å². The minimum absolute atomic E-state index is 0.0641. The van der Waals surface area contributed by atoms with Gasteiger partial charge >= 0.3 is 0 Å². The number of methoxy groups -OCH3 is 2. The second-order valence-electron chi connectivity index (χ2n) is 6.94. The van der Waals surface area contributed by atoms with Crippen molar-refractivity contribution >= 4 is 11.9 Å². The molecule has 0 aliphatic heterocycles. The molecule has 0 aliphatic rings. The van der Waals surface area contributed by atoms with Crippen molar-refractivity contribution in [2.24, 2.45) is 4.99 Å². The Morgan fingerprint density at radius 3 is 2.38 bits per heavy atom. The normalized spacial score (nSPS) is 11.7. The third kappa shape index (κ3) is 8.09. The highest BCUT2D eigenvalue weighted by atomic mass is 16.5. The van der Waals surface area contributed by atoms with E-state index in [1.165, 1.54) is 5.56 Å². The molecule has 0 spiro atoms. The van der Waals surface area contributed by atoms with E-state index in [2.05, 4.69) is 20.9 Å². The number of benzene rings is 1. The maximum absolute atomic E-state index is 11.8. The SMILES string of the molecule is CN=C(NCCCc1ccc(OC)c(OC)c1)NCC(=O)NC(C)(C)C. The molecule has 1 amide bonds. The van der Waals surface area contributed by atoms with Crippen molar-refractivity contribution in [1.82, 2.24) is 16.0 Å². The molecule has 0 saturated carbocycles. The van der Waals surface area contributed by atoms with Gasteiger partial charge in [-0.15, -0.1) is 0 Å². The molecule has 0 aliphatic carbocycles. The predicted octanol–water partition coefficient (Wildman–Crippen LogP) is 1.72. The van der Waals surface area contributed by atoms with Crippen LogP contribution in [0.1, 0.15) is 32.8 Å². The number of carbonyl (C=O) groups excluding carboxylic acids is 1. The summed E-state index contributed by atoms with van der Waals surface area (Å²) in [6.07, 6.45) is 1.82. The van der Waals surface area contributed by atoms with Gasteiger partial charge in [0.1, 0.15) is 0 Å². The molecule has 1 aromatic carbocycles. The molecule has 0 heterocycles. The Hall–Kier alpha value is -2.44. The van der Waals surface area contributed by atoms with E-state index in [1.807, 2.05) is 39.0 Å². The van der Waals surface area contributed by atoms with E-state index in [9.17, 15) is 4.79 Å². The Kier molecular flexibility index (Phi) is 8.75. The number of guanidine groups is 1. The van der Waals surface area contributed by atoms with Crippen molar-refractivity contribution < 1.29 is 14.3 Å². The van der Waals surface area contributed by atoms with Gasteiger partial charge in [-0.1, -0.05) is 6.07 Å². The minimum atomic E-state index is -0.241. The summed E-state index contributed by atoms with van der Waals surface area (Å²) in [7, 11) is 4.95. The fourth-order valence-corrected chi connectivity index (χ4v) is 2.38. The average molecular weight is 364 g/mol. The van der Waals surface area contributed by atoms with Crippen LogP contribution in [0.2, 0.25) is 0 Å². The van der Waals surface area contributed by atoms with Crippen molar-refractivity contribution in [2.45, 2.75) is 39.2 Å². The molecule has 3 N–H and O–H groups in total. The van der Waals surface area contributed by atoms with Crippen LogP contribution in [0, 0.1) is 0 Å². The first kappa shape index (κ1) is 21.6. The molecule has 0 fully saturated rings. The highest BCUT2D eigenvalue weighted by molar-refractivity contribution is 5.86. The van der Waals surface area contributed by atoms with Crippen LogP contribution in [0.4, 0.5) is 0 Å². The van der Waals surface area contributed by atoms with Gasteiger partial charge in [0.25, 0.3) is 0 Å². The number of rotatable bonds is 8. The van der Waals surface area contributed by atoms with Crippen LogP contribution >= 0.6 is 0 Å². The molecular weight excluding hydrogens is 332 g/mol. The second-order valence-corrected chi connectivity index (χ2v) is 6.94. The summed E-state index contributed by atoms with van der Waals surface area (Å²) in [5.74, 6) is 2.01. The minimum Gasteiger partial charge on any atom is -0.493 e. The molecule has 7 nitrogen and oxygen atoms in total. The molecule has 1 aromatic rings. The maximum Gasteiger partial charge on any atom is 0.239 e. The smallest absolute Gasteiger partial charge is 0.239 e. The Bertz CT molecular complexity index is 609. The zero-order valence-electron chi connectivity index (χ0n) is 16.7. The van der Waals surface area contributed by atoms with Crippen LogP contribution in [0.5, 0.6) is 11.5 Å². The monoisotopic (exact) mass is 364 g/mol. The van der Waals surface area contributed by atoms with Gasteiger partial charge in [-0.2, -0.15) is 0 Å². The van der Waals surface area contributed by atoms with E-state index in [4.69, 9.17) is 9.47 Å². The summed E-state index contributed by atoms with van der Waals surface area (Å²) in [5.41, 5.74) is 0.937. The highest BCUT2D eigenvalue weighted by Gasteiger charge is 2.13. The zero-order chi connectivity index (χ0) is 19.6. The van der Waals surface area contributed by atoms with Gasteiger partial charge in [0.05, 0.1) is 20.8 Å². The molecule has 0 atom stereocenters. The van der Waals surface area contributed by atoms with Crippen molar-refractivity contribution in [3.8, 4) is 11.5 Å². The molecule has 0 unspecified atom stereocenters. The van der Waals surface area contributed by atoms with Gasteiger partial charge < -0.3 is 25.4 Å². The number of nitrogens with one attached hydrogen (secondary N) is 3. The van der Waals surface area contributed by atoms with Gasteiger partial charge in [-0.3, -0.25) is 9.79 Å². The lowest BCUT2D eigenvalue weighted by Gasteiger charge is -2.21. The zero-order valence-corrected chi connectivity index (χ0v) is 16.7. The molecule has 146 valence electrons. The Morgan fingerprint density at radius 1 is 1.12 bits per heavy atom. The van der Waals surface area contributed by atoms with E-state index >= 15 is 0 Å². The second kappa shape index (κ2) is 10.5. The Morgan fingerprint density at radius 2 is 1.81 bits per heavy atom. The number of hydrogen-bond donors (Lipinski definition) is 3. The van der Waals surface area contributed by atoms with Crippen LogP contribution in [0.3, 0.4) is 0 Å². The van der Waals surface area contributed by atoms with Crippen LogP contribution in [-0.2, 0) is 11.2 Å². The number of aliphatic imine (C=N–C) groups is 1. The van der Waals surface area contributed by atoms with E-state index < -0.39 is 0 Å². The standard InChI is InChI=1S/C19H32N4O3/c1-19(2,3)23-17(24)13-22-18(20-4)21-11-7-8-14-9-10-15(25-5)16(12-14)26-6/h9-10,12H,7-8,11,13H2,1-6H3,(H,23,24)(H2,20,21,22). The molecule has 0 radical (unpaired) electrons. The quantitative estimate of drug-likeness (QED) is 0.372. The summed E-state index contributed by atoms with van der Waals surface area (Å²) in [4.78, 5) is 16.0. The number of hydrogen-bond acceptors (Lipinski definition) is 4. The van der Waals surface area contributed by atoms with Gasteiger partial charge in [0.2, 0.25) is 5.91 Å². The van der Waals surface area contributed by atoms with Crippen molar-refractivity contribution in [1.29, 1.82) is 0 Å². The number of carbonyl (C=O) groups is 1. The first-order chi connectivity index (χ1) is 12.3. The highest BCUT2D eigenvalue weighted by Crippen LogP contribution is 2.27. The van der Waals surface area contributed by atoms with Crippen molar-refractivity contribution in [3.05, 3.63) is 23.8 Å². The van der Waals surface area contributed by atoms with Crippen molar-refractivity contribution in [3.63, 3.8) is 0 Å². The average Bonchev–Trinajstić information content (AvgIpc) is 2.59. The van der Waals surface area contributed by atoms with E-state index in [-0.39, 0.29) is 18.0 Å². The van der Waals surface area contributed by atoms with Crippen LogP contribution in [0.25, 0.3) is 0 Å². The first-order valence-corrected chi connectivity index (χ1v) is 8.75. The van der Waals surface area contributed by atoms with Crippen LogP contribution in [-0.4, -0.2) is 51.8 Å². The van der Waals surface area contributed by atoms with Crippen LogP contribution in [0.15, 0.2) is 23.2 Å². The fraction of sp³-hybridized carbons (Fsp3) is 0.579. The van der Waals surface area contributed by atoms with Gasteiger partial charge in [-0.05, 0) is 51.3 Å². The van der Waals surface area contributed by atoms with E-state index in [1.54, 1.807) is 21.3 Å². The lowest BCUT2D eigenvalue weighted by molar-refractivity contribution is -0.121. The summed E-state index contributed by atoms with van der Waals surface area (Å²) < 4.78 is 10.6. The summed E-state index contributed by atoms with van der Waals surface area (Å²) >= 11 is 0. The lowest BCUT2D eigenvalue weighted by Crippen LogP contribution is -2.48. The van der Waals surface area contributed by atoms with Crippen molar-refractivity contribution in [2.75, 3.05) is 34.4 Å². The number of aryl methyl sites for hydroxylation is 1. The lowest BCUT2D eigenvalue weighted by atomic mass is 10.1. The molecule has 26 heavy (non-hydrogen) atoms. The van der Waals surface area contributed by atoms with Gasteiger partial charge in [0, 0.05) is 19.1 Å². The number of nitrogens with zero attached hydrogens (tertiary/aromatic N) is 1. The van der Waals surface area contributed by atoms with Gasteiger partial charge in [-0.25, -0.2) is 0 Å². The Labute approximate surface area is 156 Å². The molecule has 0 bridgehead atoms. The third-order valence-corrected chi connectivity index (χ3v) is 3.54. The van der Waals surface area contributed by atoms with E-state index in [0.29, 0.717) is 5.96 Å². The number of amides is 1. The maximum atomic E-state index is 11.8. The molecule has 1 rings (SSSR count). The predicted molar refractivity (Wildman–Crippen MR) is 105 cm³/mol. The largest absolute Gasteiger partial charge is 0.493 e. The summed E-state index contributed by atoms with van der Waals surface area (Å²) in [6, 6.07) is 5.93. The molecular formula is C19H32N4O3. The topological polar surface area (TPSA) is 84.0 Å². The fourth-order valence-electron chi connectivity index (χ4n) is 2.38. The molecule has 0 saturated heterocycles. The molecule has 0 aromatic heterocycles. The Balaban J connectivity index is 2.36. The molecule has 7 heteroatoms. The number of ether oxygens (including phenoxy) is 2. The summed E-state index contributed by atoms with van der Waals surface area (Å²) in [6.45, 7) is 6.78. The van der Waals surface area contributed by atoms with Gasteiger partial charge in [0.15, 0.2) is 17.5 Å². The first-order valence-electron chi connectivity index (χ1n) is 8.75. The van der Waals surface area contributed by atoms with Crippen LogP contribution < -0.4 is 25.4 Å².